The Morgan fingerprint density at radius 3 is 2.55 bits per heavy atom. The predicted octanol–water partition coefficient (Wildman–Crippen LogP) is 2.81. The molecule has 0 radical (unpaired) electrons. The van der Waals surface area contributed by atoms with E-state index in [9.17, 15) is 9.90 Å². The van der Waals surface area contributed by atoms with E-state index in [0.29, 0.717) is 11.6 Å². The maximum Gasteiger partial charge on any atom is 0.255 e. The SMILES string of the molecule is CCNC1CCC(NC(=O)c2ccc(Br)cc2O)CC1. The third-order valence-corrected chi connectivity index (χ3v) is 4.25. The van der Waals surface area contributed by atoms with E-state index >= 15 is 0 Å². The van der Waals surface area contributed by atoms with Gasteiger partial charge in [0.1, 0.15) is 5.75 Å². The van der Waals surface area contributed by atoms with Crippen LogP contribution in [0.5, 0.6) is 5.75 Å². The molecule has 1 amide bonds. The van der Waals surface area contributed by atoms with E-state index in [-0.39, 0.29) is 17.7 Å². The summed E-state index contributed by atoms with van der Waals surface area (Å²) >= 11 is 3.27. The Bertz CT molecular complexity index is 471. The molecule has 5 heteroatoms. The summed E-state index contributed by atoms with van der Waals surface area (Å²) in [5.74, 6) is -0.180. The quantitative estimate of drug-likeness (QED) is 0.789. The molecule has 1 aliphatic rings. The van der Waals surface area contributed by atoms with Gasteiger partial charge in [-0.2, -0.15) is 0 Å². The minimum atomic E-state index is -0.193. The van der Waals surface area contributed by atoms with Gasteiger partial charge in [0, 0.05) is 16.6 Å². The molecule has 0 aromatic heterocycles. The van der Waals surface area contributed by atoms with Crippen molar-refractivity contribution >= 4 is 21.8 Å². The topological polar surface area (TPSA) is 61.4 Å². The maximum absolute atomic E-state index is 12.2. The molecule has 0 spiro atoms. The van der Waals surface area contributed by atoms with Gasteiger partial charge in [-0.3, -0.25) is 4.79 Å². The first-order valence-corrected chi connectivity index (χ1v) is 7.92. The lowest BCUT2D eigenvalue weighted by atomic mass is 9.91. The number of carbonyl (C=O) groups excluding carboxylic acids is 1. The summed E-state index contributed by atoms with van der Waals surface area (Å²) in [4.78, 5) is 12.2. The molecule has 0 unspecified atom stereocenters. The van der Waals surface area contributed by atoms with Crippen molar-refractivity contribution < 1.29 is 9.90 Å². The fourth-order valence-electron chi connectivity index (χ4n) is 2.69. The molecule has 2 rings (SSSR count). The molecule has 3 N–H and O–H groups in total. The highest BCUT2D eigenvalue weighted by molar-refractivity contribution is 9.10. The van der Waals surface area contributed by atoms with E-state index in [0.717, 1.165) is 36.7 Å². The molecule has 1 aromatic rings. The van der Waals surface area contributed by atoms with Crippen LogP contribution in [0, 0.1) is 0 Å². The largest absolute Gasteiger partial charge is 0.507 e. The number of carbonyl (C=O) groups is 1. The van der Waals surface area contributed by atoms with Gasteiger partial charge in [0.05, 0.1) is 5.56 Å². The number of rotatable bonds is 4. The van der Waals surface area contributed by atoms with Crippen molar-refractivity contribution in [3.63, 3.8) is 0 Å². The van der Waals surface area contributed by atoms with Crippen LogP contribution in [-0.4, -0.2) is 29.6 Å². The van der Waals surface area contributed by atoms with Crippen molar-refractivity contribution in [3.05, 3.63) is 28.2 Å². The second kappa shape index (κ2) is 7.09. The van der Waals surface area contributed by atoms with Crippen LogP contribution in [0.3, 0.4) is 0 Å². The van der Waals surface area contributed by atoms with Gasteiger partial charge in [0.2, 0.25) is 0 Å². The third-order valence-electron chi connectivity index (χ3n) is 3.76. The smallest absolute Gasteiger partial charge is 0.255 e. The fraction of sp³-hybridized carbons (Fsp3) is 0.533. The standard InChI is InChI=1S/C15H21BrN2O2/c1-2-17-11-4-6-12(7-5-11)18-15(20)13-8-3-10(16)9-14(13)19/h3,8-9,11-12,17,19H,2,4-7H2,1H3,(H,18,20). The number of nitrogens with one attached hydrogen (secondary N) is 2. The Labute approximate surface area is 128 Å². The molecule has 0 saturated heterocycles. The van der Waals surface area contributed by atoms with E-state index in [1.165, 1.54) is 6.07 Å². The molecule has 20 heavy (non-hydrogen) atoms. The average Bonchev–Trinajstić information content (AvgIpc) is 2.41. The molecule has 1 aliphatic carbocycles. The van der Waals surface area contributed by atoms with Gasteiger partial charge in [0.15, 0.2) is 0 Å². The van der Waals surface area contributed by atoms with Gasteiger partial charge in [-0.05, 0) is 50.4 Å². The molecular weight excluding hydrogens is 320 g/mol. The predicted molar refractivity (Wildman–Crippen MR) is 83.0 cm³/mol. The molecule has 4 nitrogen and oxygen atoms in total. The number of hydrogen-bond acceptors (Lipinski definition) is 3. The number of hydrogen-bond donors (Lipinski definition) is 3. The van der Waals surface area contributed by atoms with Crippen LogP contribution in [0.15, 0.2) is 22.7 Å². The van der Waals surface area contributed by atoms with Gasteiger partial charge in [-0.25, -0.2) is 0 Å². The number of aromatic hydroxyl groups is 1. The Hall–Kier alpha value is -1.07. The Kier molecular flexibility index (Phi) is 5.43. The Morgan fingerprint density at radius 2 is 1.95 bits per heavy atom. The summed E-state index contributed by atoms with van der Waals surface area (Å²) in [5.41, 5.74) is 0.335. The summed E-state index contributed by atoms with van der Waals surface area (Å²) in [6.45, 7) is 3.11. The monoisotopic (exact) mass is 340 g/mol. The fourth-order valence-corrected chi connectivity index (χ4v) is 3.04. The summed E-state index contributed by atoms with van der Waals surface area (Å²) in [6, 6.07) is 5.72. The molecule has 0 heterocycles. The van der Waals surface area contributed by atoms with Crippen molar-refractivity contribution in [2.24, 2.45) is 0 Å². The zero-order valence-electron chi connectivity index (χ0n) is 11.7. The summed E-state index contributed by atoms with van der Waals surface area (Å²) in [5, 5.41) is 16.3. The van der Waals surface area contributed by atoms with Crippen LogP contribution in [0.25, 0.3) is 0 Å². The molecule has 1 aromatic carbocycles. The number of benzene rings is 1. The van der Waals surface area contributed by atoms with Crippen molar-refractivity contribution in [2.45, 2.75) is 44.7 Å². The van der Waals surface area contributed by atoms with Crippen molar-refractivity contribution in [3.8, 4) is 5.75 Å². The first kappa shape index (κ1) is 15.3. The second-order valence-electron chi connectivity index (χ2n) is 5.24. The minimum absolute atomic E-state index is 0.0122. The zero-order valence-corrected chi connectivity index (χ0v) is 13.2. The first-order chi connectivity index (χ1) is 9.60. The molecule has 110 valence electrons. The lowest BCUT2D eigenvalue weighted by molar-refractivity contribution is 0.0921. The van der Waals surface area contributed by atoms with Gasteiger partial charge in [-0.15, -0.1) is 0 Å². The van der Waals surface area contributed by atoms with E-state index in [1.54, 1.807) is 12.1 Å². The lowest BCUT2D eigenvalue weighted by Gasteiger charge is -2.29. The van der Waals surface area contributed by atoms with E-state index in [4.69, 9.17) is 0 Å². The van der Waals surface area contributed by atoms with Gasteiger partial charge >= 0.3 is 0 Å². The lowest BCUT2D eigenvalue weighted by Crippen LogP contribution is -2.42. The molecule has 0 atom stereocenters. The van der Waals surface area contributed by atoms with Crippen LogP contribution >= 0.6 is 15.9 Å². The molecule has 0 bridgehead atoms. The molecule has 0 aliphatic heterocycles. The zero-order chi connectivity index (χ0) is 14.5. The highest BCUT2D eigenvalue weighted by Crippen LogP contribution is 2.23. The maximum atomic E-state index is 12.2. The van der Waals surface area contributed by atoms with E-state index in [1.807, 2.05) is 0 Å². The van der Waals surface area contributed by atoms with Gasteiger partial charge in [0.25, 0.3) is 5.91 Å². The average molecular weight is 341 g/mol. The number of phenolic OH excluding ortho intramolecular Hbond substituents is 1. The Morgan fingerprint density at radius 1 is 1.30 bits per heavy atom. The molecule has 1 saturated carbocycles. The number of halogens is 1. The van der Waals surface area contributed by atoms with Crippen LogP contribution < -0.4 is 10.6 Å². The highest BCUT2D eigenvalue weighted by Gasteiger charge is 2.23. The minimum Gasteiger partial charge on any atom is -0.507 e. The Balaban J connectivity index is 1.89. The van der Waals surface area contributed by atoms with Crippen molar-refractivity contribution in [1.82, 2.24) is 10.6 Å². The van der Waals surface area contributed by atoms with E-state index in [2.05, 4.69) is 33.5 Å². The van der Waals surface area contributed by atoms with Crippen LogP contribution in [0.4, 0.5) is 0 Å². The number of amides is 1. The molecular formula is C15H21BrN2O2. The second-order valence-corrected chi connectivity index (χ2v) is 6.16. The molecule has 1 fully saturated rings. The van der Waals surface area contributed by atoms with Crippen LogP contribution in [0.2, 0.25) is 0 Å². The summed E-state index contributed by atoms with van der Waals surface area (Å²) in [7, 11) is 0. The van der Waals surface area contributed by atoms with Gasteiger partial charge < -0.3 is 15.7 Å². The number of phenols is 1. The van der Waals surface area contributed by atoms with Crippen molar-refractivity contribution in [2.75, 3.05) is 6.54 Å². The summed E-state index contributed by atoms with van der Waals surface area (Å²) < 4.78 is 0.762. The third kappa shape index (κ3) is 3.96. The normalized spacial score (nSPS) is 22.5. The summed E-state index contributed by atoms with van der Waals surface area (Å²) in [6.07, 6.45) is 4.15. The van der Waals surface area contributed by atoms with Crippen LogP contribution in [-0.2, 0) is 0 Å². The van der Waals surface area contributed by atoms with Gasteiger partial charge in [-0.1, -0.05) is 22.9 Å². The first-order valence-electron chi connectivity index (χ1n) is 7.13. The highest BCUT2D eigenvalue weighted by atomic mass is 79.9. The van der Waals surface area contributed by atoms with Crippen molar-refractivity contribution in [1.29, 1.82) is 0 Å². The van der Waals surface area contributed by atoms with E-state index < -0.39 is 0 Å². The van der Waals surface area contributed by atoms with Crippen LogP contribution in [0.1, 0.15) is 43.0 Å².